The van der Waals surface area contributed by atoms with Crippen molar-refractivity contribution >= 4 is 38.0 Å². The van der Waals surface area contributed by atoms with Gasteiger partial charge in [-0.3, -0.25) is 4.79 Å². The number of hydrogen-bond donors (Lipinski definition) is 2. The number of primary sulfonamides is 1. The van der Waals surface area contributed by atoms with Gasteiger partial charge in [-0.2, -0.15) is 0 Å². The second-order valence-corrected chi connectivity index (χ2v) is 7.20. The summed E-state index contributed by atoms with van der Waals surface area (Å²) < 4.78 is 22.6. The van der Waals surface area contributed by atoms with Crippen molar-refractivity contribution in [2.24, 2.45) is 5.14 Å². The predicted molar refractivity (Wildman–Crippen MR) is 82.7 cm³/mol. The molecule has 1 aromatic heterocycles. The molecule has 0 aliphatic rings. The van der Waals surface area contributed by atoms with Crippen LogP contribution in [-0.4, -0.2) is 19.2 Å². The number of aromatic nitrogens is 1. The van der Waals surface area contributed by atoms with E-state index in [1.54, 1.807) is 19.9 Å². The predicted octanol–water partition coefficient (Wildman–Crippen LogP) is 2.35. The molecule has 0 aliphatic carbocycles. The van der Waals surface area contributed by atoms with E-state index in [1.165, 1.54) is 30.4 Å². The number of anilines is 2. The number of thiazole rings is 1. The van der Waals surface area contributed by atoms with Gasteiger partial charge in [0.2, 0.25) is 10.0 Å². The Labute approximate surface area is 127 Å². The SMILES string of the molecule is CC(=O)c1sc(Nc2ccc(S(N)(=O)=O)cc2C)nc1C. The van der Waals surface area contributed by atoms with Crippen molar-refractivity contribution in [3.05, 3.63) is 34.3 Å². The maximum absolute atomic E-state index is 11.4. The standard InChI is InChI=1S/C13H15N3O3S2/c1-7-6-10(21(14,18)19)4-5-11(7)16-13-15-8(2)12(20-13)9(3)17/h4-6H,1-3H3,(H,15,16)(H2,14,18,19). The van der Waals surface area contributed by atoms with Crippen LogP contribution in [0.1, 0.15) is 27.9 Å². The number of rotatable bonds is 4. The van der Waals surface area contributed by atoms with Crippen molar-refractivity contribution in [3.63, 3.8) is 0 Å². The summed E-state index contributed by atoms with van der Waals surface area (Å²) in [6.07, 6.45) is 0. The molecule has 1 heterocycles. The minimum absolute atomic E-state index is 0.0284. The lowest BCUT2D eigenvalue weighted by Crippen LogP contribution is -2.12. The summed E-state index contributed by atoms with van der Waals surface area (Å²) in [5.41, 5.74) is 2.11. The molecule has 2 rings (SSSR count). The zero-order valence-corrected chi connectivity index (χ0v) is 13.4. The highest BCUT2D eigenvalue weighted by atomic mass is 32.2. The molecular formula is C13H15N3O3S2. The molecule has 21 heavy (non-hydrogen) atoms. The van der Waals surface area contributed by atoms with Gasteiger partial charge in [0.05, 0.1) is 15.5 Å². The summed E-state index contributed by atoms with van der Waals surface area (Å²) in [5.74, 6) is -0.0284. The second kappa shape index (κ2) is 5.55. The number of hydrogen-bond acceptors (Lipinski definition) is 6. The summed E-state index contributed by atoms with van der Waals surface area (Å²) >= 11 is 1.27. The van der Waals surface area contributed by atoms with Gasteiger partial charge >= 0.3 is 0 Å². The molecule has 0 amide bonds. The number of carbonyl (C=O) groups excluding carboxylic acids is 1. The van der Waals surface area contributed by atoms with E-state index in [-0.39, 0.29) is 10.7 Å². The fourth-order valence-electron chi connectivity index (χ4n) is 1.85. The fraction of sp³-hybridized carbons (Fsp3) is 0.231. The number of benzene rings is 1. The lowest BCUT2D eigenvalue weighted by molar-refractivity contribution is 0.102. The maximum Gasteiger partial charge on any atom is 0.238 e. The number of ketones is 1. The van der Waals surface area contributed by atoms with Crippen LogP contribution in [0.2, 0.25) is 0 Å². The Bertz CT molecular complexity index is 810. The molecule has 2 aromatic rings. The van der Waals surface area contributed by atoms with E-state index in [4.69, 9.17) is 5.14 Å². The smallest absolute Gasteiger partial charge is 0.238 e. The quantitative estimate of drug-likeness (QED) is 0.840. The van der Waals surface area contributed by atoms with Gasteiger partial charge in [0.1, 0.15) is 0 Å². The van der Waals surface area contributed by atoms with E-state index in [0.29, 0.717) is 21.4 Å². The normalized spacial score (nSPS) is 11.4. The van der Waals surface area contributed by atoms with Crippen LogP contribution in [0, 0.1) is 13.8 Å². The highest BCUT2D eigenvalue weighted by Gasteiger charge is 2.13. The third-order valence-electron chi connectivity index (χ3n) is 2.88. The molecule has 8 heteroatoms. The maximum atomic E-state index is 11.4. The van der Waals surface area contributed by atoms with Crippen molar-refractivity contribution in [3.8, 4) is 0 Å². The molecule has 0 unspecified atom stereocenters. The largest absolute Gasteiger partial charge is 0.331 e. The summed E-state index contributed by atoms with van der Waals surface area (Å²) in [6, 6.07) is 4.54. The first-order chi connectivity index (χ1) is 9.68. The van der Waals surface area contributed by atoms with Crippen LogP contribution in [-0.2, 0) is 10.0 Å². The van der Waals surface area contributed by atoms with E-state index in [2.05, 4.69) is 10.3 Å². The van der Waals surface area contributed by atoms with Gasteiger partial charge in [-0.05, 0) is 37.6 Å². The Balaban J connectivity index is 2.32. The van der Waals surface area contributed by atoms with Gasteiger partial charge in [-0.25, -0.2) is 18.5 Å². The highest BCUT2D eigenvalue weighted by Crippen LogP contribution is 2.28. The molecule has 0 fully saturated rings. The van der Waals surface area contributed by atoms with Crippen molar-refractivity contribution in [1.29, 1.82) is 0 Å². The van der Waals surface area contributed by atoms with Crippen LogP contribution in [0.25, 0.3) is 0 Å². The average molecular weight is 325 g/mol. The fourth-order valence-corrected chi connectivity index (χ4v) is 3.32. The van der Waals surface area contributed by atoms with Crippen LogP contribution < -0.4 is 10.5 Å². The molecular weight excluding hydrogens is 310 g/mol. The monoisotopic (exact) mass is 325 g/mol. The topological polar surface area (TPSA) is 102 Å². The van der Waals surface area contributed by atoms with Crippen molar-refractivity contribution in [1.82, 2.24) is 4.98 Å². The molecule has 0 saturated carbocycles. The van der Waals surface area contributed by atoms with Crippen LogP contribution in [0.4, 0.5) is 10.8 Å². The summed E-state index contributed by atoms with van der Waals surface area (Å²) in [4.78, 5) is 16.4. The highest BCUT2D eigenvalue weighted by molar-refractivity contribution is 7.89. The molecule has 6 nitrogen and oxygen atoms in total. The van der Waals surface area contributed by atoms with Gasteiger partial charge in [0, 0.05) is 12.6 Å². The van der Waals surface area contributed by atoms with Crippen LogP contribution in [0.3, 0.4) is 0 Å². The molecule has 0 bridgehead atoms. The summed E-state index contributed by atoms with van der Waals surface area (Å²) in [7, 11) is -3.71. The molecule has 0 saturated heterocycles. The van der Waals surface area contributed by atoms with E-state index in [9.17, 15) is 13.2 Å². The van der Waals surface area contributed by atoms with E-state index >= 15 is 0 Å². The van der Waals surface area contributed by atoms with Gasteiger partial charge in [-0.15, -0.1) is 0 Å². The summed E-state index contributed by atoms with van der Waals surface area (Å²) in [6.45, 7) is 5.04. The zero-order chi connectivity index (χ0) is 15.8. The first-order valence-electron chi connectivity index (χ1n) is 6.07. The third kappa shape index (κ3) is 3.46. The minimum Gasteiger partial charge on any atom is -0.331 e. The van der Waals surface area contributed by atoms with E-state index in [0.717, 1.165) is 5.56 Å². The van der Waals surface area contributed by atoms with Gasteiger partial charge < -0.3 is 5.32 Å². The van der Waals surface area contributed by atoms with Gasteiger partial charge in [0.15, 0.2) is 10.9 Å². The van der Waals surface area contributed by atoms with Crippen molar-refractivity contribution in [2.75, 3.05) is 5.32 Å². The number of sulfonamides is 1. The number of aryl methyl sites for hydroxylation is 2. The van der Waals surface area contributed by atoms with Gasteiger partial charge in [-0.1, -0.05) is 11.3 Å². The van der Waals surface area contributed by atoms with Crippen LogP contribution >= 0.6 is 11.3 Å². The van der Waals surface area contributed by atoms with E-state index < -0.39 is 10.0 Å². The minimum atomic E-state index is -3.71. The zero-order valence-electron chi connectivity index (χ0n) is 11.8. The third-order valence-corrected chi connectivity index (χ3v) is 4.97. The lowest BCUT2D eigenvalue weighted by atomic mass is 10.2. The van der Waals surface area contributed by atoms with Crippen LogP contribution in [0.15, 0.2) is 23.1 Å². The number of Topliss-reactive ketones (excluding diaryl/α,β-unsaturated/α-hetero) is 1. The Hall–Kier alpha value is -1.77. The number of carbonyl (C=O) groups is 1. The average Bonchev–Trinajstić information content (AvgIpc) is 2.71. The second-order valence-electron chi connectivity index (χ2n) is 4.64. The summed E-state index contributed by atoms with van der Waals surface area (Å²) in [5, 5.41) is 8.76. The molecule has 112 valence electrons. The lowest BCUT2D eigenvalue weighted by Gasteiger charge is -2.08. The van der Waals surface area contributed by atoms with Crippen molar-refractivity contribution in [2.45, 2.75) is 25.7 Å². The molecule has 3 N–H and O–H groups in total. The number of nitrogens with one attached hydrogen (secondary N) is 1. The molecule has 0 spiro atoms. The number of nitrogens with two attached hydrogens (primary N) is 1. The van der Waals surface area contributed by atoms with Gasteiger partial charge in [0.25, 0.3) is 0 Å². The Morgan fingerprint density at radius 3 is 2.48 bits per heavy atom. The first-order valence-corrected chi connectivity index (χ1v) is 8.43. The molecule has 1 aromatic carbocycles. The molecule has 0 aliphatic heterocycles. The van der Waals surface area contributed by atoms with Crippen molar-refractivity contribution < 1.29 is 13.2 Å². The van der Waals surface area contributed by atoms with E-state index in [1.807, 2.05) is 0 Å². The Morgan fingerprint density at radius 2 is 2.00 bits per heavy atom. The Kier molecular flexibility index (Phi) is 4.13. The number of nitrogens with zero attached hydrogens (tertiary/aromatic N) is 1. The first kappa shape index (κ1) is 15.6. The molecule has 0 radical (unpaired) electrons. The van der Waals surface area contributed by atoms with Crippen LogP contribution in [0.5, 0.6) is 0 Å². The Morgan fingerprint density at radius 1 is 1.33 bits per heavy atom. The molecule has 0 atom stereocenters.